The molecule has 1 amide bonds. The molecule has 4 bridgehead atoms. The second-order valence-electron chi connectivity index (χ2n) is 10.9. The summed E-state index contributed by atoms with van der Waals surface area (Å²) < 4.78 is 5.45. The molecule has 180 valence electrons. The highest BCUT2D eigenvalue weighted by Crippen LogP contribution is 2.56. The Morgan fingerprint density at radius 1 is 1.15 bits per heavy atom. The molecule has 2 aromatic rings. The standard InChI is InChI=1S/C27H34N4O3/c28-26(32)23-16-29-21(11-17-1-3-22(4-2-17)31-5-7-34-8-6-31)12-24(23)30-25-19-9-18-10-20(25)15-27(33,13-18)14-19/h1-4,12,16,18-20,25,33H,5-11,13-15H2,(H2,28,32)(H,29,30)/t18?,19-,20+,25?,27?. The van der Waals surface area contributed by atoms with Gasteiger partial charge >= 0.3 is 0 Å². The van der Waals surface area contributed by atoms with Crippen molar-refractivity contribution in [1.82, 2.24) is 4.98 Å². The summed E-state index contributed by atoms with van der Waals surface area (Å²) in [6, 6.07) is 10.9. The smallest absolute Gasteiger partial charge is 0.252 e. The number of rotatable bonds is 6. The summed E-state index contributed by atoms with van der Waals surface area (Å²) in [6.45, 7) is 3.39. The van der Waals surface area contributed by atoms with Crippen molar-refractivity contribution in [3.63, 3.8) is 0 Å². The molecule has 0 spiro atoms. The van der Waals surface area contributed by atoms with E-state index in [2.05, 4.69) is 39.5 Å². The minimum Gasteiger partial charge on any atom is -0.390 e. The maximum atomic E-state index is 12.2. The van der Waals surface area contributed by atoms with Crippen molar-refractivity contribution in [3.8, 4) is 0 Å². The Balaban J connectivity index is 1.20. The van der Waals surface area contributed by atoms with Gasteiger partial charge in [-0.3, -0.25) is 9.78 Å². The average Bonchev–Trinajstić information content (AvgIpc) is 2.81. The minimum atomic E-state index is -0.474. The molecule has 0 radical (unpaired) electrons. The predicted molar refractivity (Wildman–Crippen MR) is 131 cm³/mol. The molecule has 1 aliphatic heterocycles. The number of nitrogens with two attached hydrogens (primary N) is 1. The molecule has 2 heterocycles. The normalized spacial score (nSPS) is 32.1. The second-order valence-corrected chi connectivity index (χ2v) is 10.9. The van der Waals surface area contributed by atoms with Gasteiger partial charge in [-0.05, 0) is 73.6 Å². The third kappa shape index (κ3) is 4.16. The van der Waals surface area contributed by atoms with Gasteiger partial charge in [0.2, 0.25) is 0 Å². The topological polar surface area (TPSA) is 101 Å². The molecule has 7 nitrogen and oxygen atoms in total. The SMILES string of the molecule is NC(=O)c1cnc(Cc2ccc(N3CCOCC3)cc2)cc1NC1[C@@H]2CC3C[C@H]1CC(O)(C3)C2. The van der Waals surface area contributed by atoms with E-state index in [1.165, 1.54) is 11.3 Å². The number of aliphatic hydroxyl groups is 1. The third-order valence-electron chi connectivity index (χ3n) is 8.49. The second kappa shape index (κ2) is 8.54. The first-order valence-electron chi connectivity index (χ1n) is 12.6. The van der Waals surface area contributed by atoms with Crippen molar-refractivity contribution >= 4 is 17.3 Å². The summed E-state index contributed by atoms with van der Waals surface area (Å²) in [4.78, 5) is 19.1. The van der Waals surface area contributed by atoms with Crippen LogP contribution >= 0.6 is 0 Å². The molecule has 7 rings (SSSR count). The van der Waals surface area contributed by atoms with Gasteiger partial charge in [0.25, 0.3) is 5.91 Å². The first-order chi connectivity index (χ1) is 16.5. The molecule has 34 heavy (non-hydrogen) atoms. The zero-order valence-electron chi connectivity index (χ0n) is 19.6. The molecular weight excluding hydrogens is 428 g/mol. The number of primary amides is 1. The van der Waals surface area contributed by atoms with E-state index in [4.69, 9.17) is 10.5 Å². The van der Waals surface area contributed by atoms with Gasteiger partial charge in [0.05, 0.1) is 30.1 Å². The lowest BCUT2D eigenvalue weighted by atomic mass is 9.52. The predicted octanol–water partition coefficient (Wildman–Crippen LogP) is 2.96. The molecule has 4 aliphatic carbocycles. The molecule has 3 unspecified atom stereocenters. The van der Waals surface area contributed by atoms with Gasteiger partial charge in [-0.25, -0.2) is 0 Å². The minimum absolute atomic E-state index is 0.276. The number of nitrogens with zero attached hydrogens (tertiary/aromatic N) is 2. The van der Waals surface area contributed by atoms with E-state index in [0.717, 1.165) is 69.8 Å². The molecule has 4 N–H and O–H groups in total. The van der Waals surface area contributed by atoms with Gasteiger partial charge in [-0.1, -0.05) is 12.1 Å². The number of anilines is 2. The number of benzene rings is 1. The molecule has 5 atom stereocenters. The zero-order valence-corrected chi connectivity index (χ0v) is 19.6. The lowest BCUT2D eigenvalue weighted by Crippen LogP contribution is -2.59. The summed E-state index contributed by atoms with van der Waals surface area (Å²) in [5.74, 6) is 1.08. The molecule has 1 aromatic heterocycles. The van der Waals surface area contributed by atoms with E-state index in [1.54, 1.807) is 6.20 Å². The van der Waals surface area contributed by atoms with Crippen LogP contribution in [0.1, 0.15) is 53.7 Å². The van der Waals surface area contributed by atoms with Crippen LogP contribution in [0.4, 0.5) is 11.4 Å². The van der Waals surface area contributed by atoms with Crippen molar-refractivity contribution in [1.29, 1.82) is 0 Å². The number of ether oxygens (including phenoxy) is 1. The van der Waals surface area contributed by atoms with Crippen LogP contribution in [0.15, 0.2) is 36.5 Å². The van der Waals surface area contributed by atoms with Crippen LogP contribution in [0.5, 0.6) is 0 Å². The lowest BCUT2D eigenvalue weighted by Gasteiger charge is -2.58. The van der Waals surface area contributed by atoms with Gasteiger partial charge in [0, 0.05) is 43.1 Å². The Morgan fingerprint density at radius 2 is 1.85 bits per heavy atom. The van der Waals surface area contributed by atoms with Crippen molar-refractivity contribution < 1.29 is 14.6 Å². The summed E-state index contributed by atoms with van der Waals surface area (Å²) in [6.07, 6.45) is 7.31. The quantitative estimate of drug-likeness (QED) is 0.610. The Kier molecular flexibility index (Phi) is 5.49. The van der Waals surface area contributed by atoms with E-state index < -0.39 is 11.5 Å². The van der Waals surface area contributed by atoms with Crippen LogP contribution in [0, 0.1) is 17.8 Å². The average molecular weight is 463 g/mol. The highest BCUT2D eigenvalue weighted by atomic mass is 16.5. The Bertz CT molecular complexity index is 1050. The molecular formula is C27H34N4O3. The number of hydrogen-bond acceptors (Lipinski definition) is 6. The van der Waals surface area contributed by atoms with Crippen LogP contribution in [-0.2, 0) is 11.2 Å². The van der Waals surface area contributed by atoms with Crippen LogP contribution in [0.2, 0.25) is 0 Å². The van der Waals surface area contributed by atoms with Gasteiger partial charge < -0.3 is 25.8 Å². The van der Waals surface area contributed by atoms with E-state index in [1.807, 2.05) is 6.07 Å². The van der Waals surface area contributed by atoms with E-state index >= 15 is 0 Å². The van der Waals surface area contributed by atoms with Crippen molar-refractivity contribution in [2.45, 2.75) is 50.2 Å². The summed E-state index contributed by atoms with van der Waals surface area (Å²) >= 11 is 0. The molecule has 7 heteroatoms. The van der Waals surface area contributed by atoms with E-state index in [-0.39, 0.29) is 6.04 Å². The number of morpholine rings is 1. The van der Waals surface area contributed by atoms with Crippen molar-refractivity contribution in [2.24, 2.45) is 23.5 Å². The van der Waals surface area contributed by atoms with Crippen LogP contribution in [0.25, 0.3) is 0 Å². The number of carbonyl (C=O) groups is 1. The van der Waals surface area contributed by atoms with Crippen molar-refractivity contribution in [3.05, 3.63) is 53.3 Å². The fraction of sp³-hybridized carbons (Fsp3) is 0.556. The monoisotopic (exact) mass is 462 g/mol. The third-order valence-corrected chi connectivity index (χ3v) is 8.49. The van der Waals surface area contributed by atoms with E-state index in [9.17, 15) is 9.90 Å². The first kappa shape index (κ1) is 21.9. The fourth-order valence-electron chi connectivity index (χ4n) is 7.16. The number of aromatic nitrogens is 1. The van der Waals surface area contributed by atoms with E-state index in [0.29, 0.717) is 29.7 Å². The molecule has 1 aromatic carbocycles. The molecule has 5 fully saturated rings. The zero-order chi connectivity index (χ0) is 23.3. The first-order valence-corrected chi connectivity index (χ1v) is 12.6. The number of amides is 1. The molecule has 1 saturated heterocycles. The fourth-order valence-corrected chi connectivity index (χ4v) is 7.16. The lowest BCUT2D eigenvalue weighted by molar-refractivity contribution is -0.129. The Hall–Kier alpha value is -2.64. The molecule has 4 saturated carbocycles. The van der Waals surface area contributed by atoms with Crippen LogP contribution in [0.3, 0.4) is 0 Å². The Morgan fingerprint density at radius 3 is 2.50 bits per heavy atom. The van der Waals surface area contributed by atoms with Gasteiger partial charge in [-0.2, -0.15) is 0 Å². The number of pyridine rings is 1. The largest absolute Gasteiger partial charge is 0.390 e. The summed E-state index contributed by atoms with van der Waals surface area (Å²) in [7, 11) is 0. The van der Waals surface area contributed by atoms with Crippen molar-refractivity contribution in [2.75, 3.05) is 36.5 Å². The number of carbonyl (C=O) groups excluding carboxylic acids is 1. The van der Waals surface area contributed by atoms with Gasteiger partial charge in [0.1, 0.15) is 0 Å². The maximum Gasteiger partial charge on any atom is 0.252 e. The van der Waals surface area contributed by atoms with Gasteiger partial charge in [0.15, 0.2) is 0 Å². The summed E-state index contributed by atoms with van der Waals surface area (Å²) in [5.41, 5.74) is 9.77. The van der Waals surface area contributed by atoms with Crippen LogP contribution < -0.4 is 16.0 Å². The highest BCUT2D eigenvalue weighted by molar-refractivity contribution is 5.98. The van der Waals surface area contributed by atoms with Crippen LogP contribution in [-0.4, -0.2) is 53.9 Å². The van der Waals surface area contributed by atoms with Gasteiger partial charge in [-0.15, -0.1) is 0 Å². The maximum absolute atomic E-state index is 12.2. The highest BCUT2D eigenvalue weighted by Gasteiger charge is 2.54. The summed E-state index contributed by atoms with van der Waals surface area (Å²) in [5, 5.41) is 14.6. The number of hydrogen-bond donors (Lipinski definition) is 3. The Labute approximate surface area is 200 Å². The number of nitrogens with one attached hydrogen (secondary N) is 1. The molecule has 5 aliphatic rings.